The van der Waals surface area contributed by atoms with Gasteiger partial charge in [-0.1, -0.05) is 0 Å². The van der Waals surface area contributed by atoms with Crippen molar-refractivity contribution in [2.24, 2.45) is 5.84 Å². The van der Waals surface area contributed by atoms with Crippen LogP contribution in [0.25, 0.3) is 0 Å². The molecule has 1 aromatic rings. The van der Waals surface area contributed by atoms with Crippen molar-refractivity contribution >= 4 is 17.3 Å². The fraction of sp³-hybridized carbons (Fsp3) is 0.429. The summed E-state index contributed by atoms with van der Waals surface area (Å²) in [7, 11) is 0. The first-order valence-corrected chi connectivity index (χ1v) is 4.59. The fourth-order valence-corrected chi connectivity index (χ4v) is 1.07. The van der Waals surface area contributed by atoms with E-state index in [1.807, 2.05) is 0 Å². The SMILES string of the molecule is NNc1ncnc(NCC(O)CO)c1[N+](=O)[O-]. The normalized spacial score (nSPS) is 11.9. The molecule has 0 spiro atoms. The monoisotopic (exact) mass is 244 g/mol. The Morgan fingerprint density at radius 3 is 2.71 bits per heavy atom. The van der Waals surface area contributed by atoms with Gasteiger partial charge in [0.05, 0.1) is 17.6 Å². The molecule has 0 aliphatic heterocycles. The van der Waals surface area contributed by atoms with Crippen molar-refractivity contribution < 1.29 is 15.1 Å². The lowest BCUT2D eigenvalue weighted by Gasteiger charge is -2.10. The molecular weight excluding hydrogens is 232 g/mol. The molecule has 10 nitrogen and oxygen atoms in total. The second-order valence-corrected chi connectivity index (χ2v) is 3.04. The van der Waals surface area contributed by atoms with Gasteiger partial charge in [-0.05, 0) is 0 Å². The first-order valence-electron chi connectivity index (χ1n) is 4.59. The van der Waals surface area contributed by atoms with E-state index in [1.54, 1.807) is 0 Å². The third-order valence-corrected chi connectivity index (χ3v) is 1.86. The molecule has 10 heteroatoms. The smallest absolute Gasteiger partial charge is 0.354 e. The predicted octanol–water partition coefficient (Wildman–Crippen LogP) is -1.56. The number of hydrogen-bond donors (Lipinski definition) is 5. The standard InChI is InChI=1S/C7H12N6O4/c8-12-7-5(13(16)17)6(10-3-11-7)9-1-4(15)2-14/h3-4,14-15H,1-2,8H2,(H2,9,10,11,12). The van der Waals surface area contributed by atoms with E-state index in [2.05, 4.69) is 20.7 Å². The second kappa shape index (κ2) is 5.89. The fourth-order valence-electron chi connectivity index (χ4n) is 1.07. The largest absolute Gasteiger partial charge is 0.394 e. The van der Waals surface area contributed by atoms with Gasteiger partial charge in [0.15, 0.2) is 0 Å². The van der Waals surface area contributed by atoms with Gasteiger partial charge in [-0.3, -0.25) is 10.1 Å². The van der Waals surface area contributed by atoms with Crippen molar-refractivity contribution in [3.63, 3.8) is 0 Å². The molecule has 1 rings (SSSR count). The van der Waals surface area contributed by atoms with E-state index < -0.39 is 23.3 Å². The molecule has 0 saturated heterocycles. The second-order valence-electron chi connectivity index (χ2n) is 3.04. The summed E-state index contributed by atoms with van der Waals surface area (Å²) in [6.45, 7) is -0.549. The van der Waals surface area contributed by atoms with Crippen LogP contribution >= 0.6 is 0 Å². The van der Waals surface area contributed by atoms with Gasteiger partial charge in [0.2, 0.25) is 11.6 Å². The molecule has 1 heterocycles. The van der Waals surface area contributed by atoms with Gasteiger partial charge in [-0.25, -0.2) is 15.8 Å². The summed E-state index contributed by atoms with van der Waals surface area (Å²) in [5, 5.41) is 31.0. The molecule has 0 saturated carbocycles. The minimum absolute atomic E-state index is 0.0850. The van der Waals surface area contributed by atoms with E-state index in [-0.39, 0.29) is 18.2 Å². The average Bonchev–Trinajstić information content (AvgIpc) is 2.34. The molecule has 0 aromatic carbocycles. The van der Waals surface area contributed by atoms with E-state index in [0.29, 0.717) is 0 Å². The Kier molecular flexibility index (Phi) is 4.51. The molecule has 0 aliphatic rings. The number of nitrogens with one attached hydrogen (secondary N) is 2. The average molecular weight is 244 g/mol. The number of aliphatic hydroxyl groups is 2. The van der Waals surface area contributed by atoms with Crippen LogP contribution in [-0.2, 0) is 0 Å². The molecule has 6 N–H and O–H groups in total. The number of nitro groups is 1. The Bertz CT molecular complexity index is 400. The zero-order valence-corrected chi connectivity index (χ0v) is 8.70. The van der Waals surface area contributed by atoms with Crippen LogP contribution < -0.4 is 16.6 Å². The number of hydrazine groups is 1. The topological polar surface area (TPSA) is 159 Å². The van der Waals surface area contributed by atoms with Crippen LogP contribution in [0.1, 0.15) is 0 Å². The molecule has 0 amide bonds. The van der Waals surface area contributed by atoms with Crippen molar-refractivity contribution in [2.75, 3.05) is 23.9 Å². The van der Waals surface area contributed by atoms with Gasteiger partial charge in [-0.2, -0.15) is 0 Å². The molecule has 0 aliphatic carbocycles. The van der Waals surface area contributed by atoms with Crippen LogP contribution in [0.15, 0.2) is 6.33 Å². The van der Waals surface area contributed by atoms with E-state index in [1.165, 1.54) is 0 Å². The van der Waals surface area contributed by atoms with Crippen LogP contribution in [0.5, 0.6) is 0 Å². The van der Waals surface area contributed by atoms with Crippen LogP contribution in [0.3, 0.4) is 0 Å². The van der Waals surface area contributed by atoms with Crippen molar-refractivity contribution in [3.8, 4) is 0 Å². The van der Waals surface area contributed by atoms with Crippen molar-refractivity contribution in [1.82, 2.24) is 9.97 Å². The lowest BCUT2D eigenvalue weighted by atomic mass is 10.3. The van der Waals surface area contributed by atoms with E-state index >= 15 is 0 Å². The molecule has 17 heavy (non-hydrogen) atoms. The van der Waals surface area contributed by atoms with Gasteiger partial charge < -0.3 is 21.0 Å². The summed E-state index contributed by atoms with van der Waals surface area (Å²) in [6.07, 6.45) is 0.0365. The van der Waals surface area contributed by atoms with Crippen molar-refractivity contribution in [2.45, 2.75) is 6.10 Å². The summed E-state index contributed by atoms with van der Waals surface area (Å²) in [5.74, 6) is 4.84. The summed E-state index contributed by atoms with van der Waals surface area (Å²) in [6, 6.07) is 0. The highest BCUT2D eigenvalue weighted by atomic mass is 16.6. The van der Waals surface area contributed by atoms with Crippen LogP contribution in [0, 0.1) is 10.1 Å². The van der Waals surface area contributed by atoms with Crippen LogP contribution in [-0.4, -0.2) is 44.4 Å². The molecule has 0 bridgehead atoms. The zero-order valence-electron chi connectivity index (χ0n) is 8.70. The Balaban J connectivity index is 2.94. The van der Waals surface area contributed by atoms with Crippen molar-refractivity contribution in [1.29, 1.82) is 0 Å². The quantitative estimate of drug-likeness (QED) is 0.226. The Morgan fingerprint density at radius 1 is 1.53 bits per heavy atom. The summed E-state index contributed by atoms with van der Waals surface area (Å²) < 4.78 is 0. The Morgan fingerprint density at radius 2 is 2.18 bits per heavy atom. The number of nitrogens with two attached hydrogens (primary N) is 1. The number of rotatable bonds is 6. The van der Waals surface area contributed by atoms with Crippen LogP contribution in [0.4, 0.5) is 17.3 Å². The minimum atomic E-state index is -1.04. The number of nitrogens with zero attached hydrogens (tertiary/aromatic N) is 3. The predicted molar refractivity (Wildman–Crippen MR) is 58.1 cm³/mol. The molecular formula is C7H12N6O4. The Hall–Kier alpha value is -2.04. The number of nitrogen functional groups attached to an aromatic ring is 1. The Labute approximate surface area is 95.6 Å². The highest BCUT2D eigenvalue weighted by Crippen LogP contribution is 2.27. The van der Waals surface area contributed by atoms with E-state index in [4.69, 9.17) is 16.1 Å². The highest BCUT2D eigenvalue weighted by molar-refractivity contribution is 5.68. The zero-order chi connectivity index (χ0) is 12.8. The van der Waals surface area contributed by atoms with Gasteiger partial charge in [0, 0.05) is 6.54 Å². The lowest BCUT2D eigenvalue weighted by Crippen LogP contribution is -2.24. The summed E-state index contributed by atoms with van der Waals surface area (Å²) in [5.41, 5.74) is 1.64. The first kappa shape index (κ1) is 13.0. The van der Waals surface area contributed by atoms with Crippen molar-refractivity contribution in [3.05, 3.63) is 16.4 Å². The third kappa shape index (κ3) is 3.21. The molecule has 1 atom stereocenters. The number of hydrogen-bond acceptors (Lipinski definition) is 9. The molecule has 1 unspecified atom stereocenters. The maximum atomic E-state index is 10.8. The van der Waals surface area contributed by atoms with Gasteiger partial charge in [-0.15, -0.1) is 0 Å². The number of aromatic nitrogens is 2. The number of aliphatic hydroxyl groups excluding tert-OH is 2. The summed E-state index contributed by atoms with van der Waals surface area (Å²) in [4.78, 5) is 17.3. The minimum Gasteiger partial charge on any atom is -0.394 e. The van der Waals surface area contributed by atoms with E-state index in [9.17, 15) is 10.1 Å². The molecule has 1 aromatic heterocycles. The molecule has 0 fully saturated rings. The van der Waals surface area contributed by atoms with Gasteiger partial charge >= 0.3 is 5.69 Å². The van der Waals surface area contributed by atoms with Crippen LogP contribution in [0.2, 0.25) is 0 Å². The van der Waals surface area contributed by atoms with E-state index in [0.717, 1.165) is 6.33 Å². The van der Waals surface area contributed by atoms with Gasteiger partial charge in [0.1, 0.15) is 6.33 Å². The first-order chi connectivity index (χ1) is 8.10. The number of anilines is 2. The lowest BCUT2D eigenvalue weighted by molar-refractivity contribution is -0.383. The summed E-state index contributed by atoms with van der Waals surface area (Å²) >= 11 is 0. The third-order valence-electron chi connectivity index (χ3n) is 1.86. The molecule has 0 radical (unpaired) electrons. The van der Waals surface area contributed by atoms with Gasteiger partial charge in [0.25, 0.3) is 0 Å². The highest BCUT2D eigenvalue weighted by Gasteiger charge is 2.22. The molecule has 94 valence electrons. The maximum Gasteiger partial charge on any atom is 0.354 e. The maximum absolute atomic E-state index is 10.8.